The molecular weight excluding hydrogens is 505 g/mol. The van der Waals surface area contributed by atoms with Gasteiger partial charge in [0.15, 0.2) is 17.3 Å². The number of nitrogens with zero attached hydrogens (tertiary/aromatic N) is 3. The number of benzene rings is 3. The number of aromatic nitrogens is 2. The van der Waals surface area contributed by atoms with E-state index < -0.39 is 0 Å². The number of methoxy groups -OCH3 is 2. The summed E-state index contributed by atoms with van der Waals surface area (Å²) in [6, 6.07) is 18.9. The topological polar surface area (TPSA) is 65.7 Å². The van der Waals surface area contributed by atoms with Crippen LogP contribution in [0.4, 0.5) is 0 Å². The van der Waals surface area contributed by atoms with E-state index in [1.807, 2.05) is 55.5 Å². The summed E-state index contributed by atoms with van der Waals surface area (Å²) in [5, 5.41) is 5.01. The first-order valence-corrected chi connectivity index (χ1v) is 10.6. The van der Waals surface area contributed by atoms with Crippen molar-refractivity contribution in [3.8, 4) is 22.9 Å². The van der Waals surface area contributed by atoms with Crippen LogP contribution in [0.15, 0.2) is 70.6 Å². The maximum Gasteiger partial charge on any atom is 0.282 e. The van der Waals surface area contributed by atoms with Crippen LogP contribution in [0.3, 0.4) is 0 Å². The summed E-state index contributed by atoms with van der Waals surface area (Å²) in [4.78, 5) is 18.1. The maximum atomic E-state index is 13.4. The molecule has 0 amide bonds. The number of hydrogen-bond donors (Lipinski definition) is 0. The van der Waals surface area contributed by atoms with Gasteiger partial charge >= 0.3 is 0 Å². The summed E-state index contributed by atoms with van der Waals surface area (Å²) in [5.41, 5.74) is 3.10. The molecule has 0 fully saturated rings. The zero-order valence-electron chi connectivity index (χ0n) is 17.3. The average molecular weight is 525 g/mol. The van der Waals surface area contributed by atoms with Crippen LogP contribution < -0.4 is 15.0 Å². The van der Waals surface area contributed by atoms with Crippen LogP contribution in [0.25, 0.3) is 22.3 Å². The lowest BCUT2D eigenvalue weighted by molar-refractivity contribution is 0.355. The highest BCUT2D eigenvalue weighted by molar-refractivity contribution is 14.1. The van der Waals surface area contributed by atoms with Gasteiger partial charge in [-0.15, -0.1) is 0 Å². The Kier molecular flexibility index (Phi) is 6.03. The zero-order chi connectivity index (χ0) is 22.0. The van der Waals surface area contributed by atoms with Gasteiger partial charge in [0.1, 0.15) is 0 Å². The van der Waals surface area contributed by atoms with E-state index in [9.17, 15) is 4.79 Å². The van der Waals surface area contributed by atoms with E-state index in [1.54, 1.807) is 32.6 Å². The second-order valence-electron chi connectivity index (χ2n) is 6.94. The molecule has 0 aliphatic carbocycles. The first-order valence-electron chi connectivity index (χ1n) is 9.56. The molecule has 0 bridgehead atoms. The third-order valence-corrected chi connectivity index (χ3v) is 5.52. The third-order valence-electron chi connectivity index (χ3n) is 4.85. The summed E-state index contributed by atoms with van der Waals surface area (Å²) < 4.78 is 13.1. The Balaban J connectivity index is 1.95. The third kappa shape index (κ3) is 4.32. The maximum absolute atomic E-state index is 13.4. The second kappa shape index (κ2) is 8.89. The summed E-state index contributed by atoms with van der Waals surface area (Å²) in [5.74, 6) is 1.56. The summed E-state index contributed by atoms with van der Waals surface area (Å²) >= 11 is 2.18. The van der Waals surface area contributed by atoms with Crippen LogP contribution in [0, 0.1) is 10.5 Å². The van der Waals surface area contributed by atoms with Gasteiger partial charge in [0.05, 0.1) is 31.3 Å². The lowest BCUT2D eigenvalue weighted by Gasteiger charge is -2.12. The van der Waals surface area contributed by atoms with Gasteiger partial charge in [-0.25, -0.2) is 4.98 Å². The lowest BCUT2D eigenvalue weighted by Crippen LogP contribution is -2.20. The quantitative estimate of drug-likeness (QED) is 0.276. The Morgan fingerprint density at radius 1 is 0.968 bits per heavy atom. The molecule has 7 heteroatoms. The van der Waals surface area contributed by atoms with Crippen molar-refractivity contribution in [2.45, 2.75) is 6.92 Å². The van der Waals surface area contributed by atoms with Gasteiger partial charge in [-0.2, -0.15) is 9.78 Å². The monoisotopic (exact) mass is 525 g/mol. The minimum atomic E-state index is -0.239. The van der Waals surface area contributed by atoms with Crippen molar-refractivity contribution in [2.24, 2.45) is 5.10 Å². The second-order valence-corrected chi connectivity index (χ2v) is 8.18. The van der Waals surface area contributed by atoms with Gasteiger partial charge in [0.2, 0.25) is 0 Å². The van der Waals surface area contributed by atoms with E-state index in [0.29, 0.717) is 33.8 Å². The molecule has 3 aromatic carbocycles. The molecule has 0 N–H and O–H groups in total. The van der Waals surface area contributed by atoms with E-state index in [0.717, 1.165) is 14.7 Å². The fourth-order valence-electron chi connectivity index (χ4n) is 3.19. The average Bonchev–Trinajstić information content (AvgIpc) is 2.79. The highest BCUT2D eigenvalue weighted by Crippen LogP contribution is 2.32. The Morgan fingerprint density at radius 2 is 1.71 bits per heavy atom. The summed E-state index contributed by atoms with van der Waals surface area (Å²) in [6.07, 6.45) is 1.66. The Bertz CT molecular complexity index is 1350. The molecule has 156 valence electrons. The number of aryl methyl sites for hydroxylation is 1. The number of rotatable bonds is 5. The molecule has 4 rings (SSSR count). The van der Waals surface area contributed by atoms with Crippen LogP contribution in [0.2, 0.25) is 0 Å². The van der Waals surface area contributed by atoms with Crippen LogP contribution >= 0.6 is 22.6 Å². The highest BCUT2D eigenvalue weighted by Gasteiger charge is 2.15. The molecule has 4 aromatic rings. The van der Waals surface area contributed by atoms with E-state index in [1.165, 1.54) is 4.68 Å². The van der Waals surface area contributed by atoms with Gasteiger partial charge < -0.3 is 9.47 Å². The Labute approximate surface area is 193 Å². The molecule has 6 nitrogen and oxygen atoms in total. The van der Waals surface area contributed by atoms with E-state index in [4.69, 9.17) is 14.5 Å². The van der Waals surface area contributed by atoms with Gasteiger partial charge in [0.25, 0.3) is 5.56 Å². The first kappa shape index (κ1) is 21.0. The molecule has 0 aliphatic rings. The molecule has 1 heterocycles. The van der Waals surface area contributed by atoms with E-state index in [-0.39, 0.29) is 5.56 Å². The predicted molar refractivity (Wildman–Crippen MR) is 131 cm³/mol. The van der Waals surface area contributed by atoms with Crippen molar-refractivity contribution in [1.29, 1.82) is 0 Å². The van der Waals surface area contributed by atoms with Crippen molar-refractivity contribution < 1.29 is 9.47 Å². The molecular formula is C24H20IN3O3. The van der Waals surface area contributed by atoms with Gasteiger partial charge in [-0.05, 0) is 71.5 Å². The Hall–Kier alpha value is -3.20. The molecule has 0 aliphatic heterocycles. The number of fused-ring (bicyclic) bond motifs is 1. The SMILES string of the molecule is COc1ccc(-c2nc3ccc(I)cc3c(=O)n2N=Cc2ccc(C)cc2)cc1OC. The van der Waals surface area contributed by atoms with Gasteiger partial charge in [0, 0.05) is 9.13 Å². The van der Waals surface area contributed by atoms with Crippen molar-refractivity contribution in [2.75, 3.05) is 14.2 Å². The molecule has 1 aromatic heterocycles. The van der Waals surface area contributed by atoms with Gasteiger partial charge in [-0.3, -0.25) is 4.79 Å². The lowest BCUT2D eigenvalue weighted by atomic mass is 10.1. The molecule has 0 unspecified atom stereocenters. The molecule has 0 spiro atoms. The summed E-state index contributed by atoms with van der Waals surface area (Å²) in [7, 11) is 3.15. The standard InChI is InChI=1S/C24H20IN3O3/c1-15-4-6-16(7-5-15)14-26-28-23(17-8-11-21(30-2)22(12-17)31-3)27-20-10-9-18(25)13-19(20)24(28)29/h4-14H,1-3H3. The van der Waals surface area contributed by atoms with Crippen LogP contribution in [-0.2, 0) is 0 Å². The molecule has 0 atom stereocenters. The normalized spacial score (nSPS) is 11.2. The molecule has 0 saturated carbocycles. The smallest absolute Gasteiger partial charge is 0.282 e. The largest absolute Gasteiger partial charge is 0.493 e. The number of hydrogen-bond acceptors (Lipinski definition) is 5. The van der Waals surface area contributed by atoms with Crippen LogP contribution in [0.5, 0.6) is 11.5 Å². The minimum Gasteiger partial charge on any atom is -0.493 e. The molecule has 31 heavy (non-hydrogen) atoms. The van der Waals surface area contributed by atoms with Gasteiger partial charge in [-0.1, -0.05) is 29.8 Å². The molecule has 0 saturated heterocycles. The van der Waals surface area contributed by atoms with Crippen molar-refractivity contribution in [3.05, 3.63) is 85.7 Å². The zero-order valence-corrected chi connectivity index (χ0v) is 19.5. The first-order chi connectivity index (χ1) is 15.0. The fraction of sp³-hybridized carbons (Fsp3) is 0.125. The van der Waals surface area contributed by atoms with Crippen molar-refractivity contribution >= 4 is 39.7 Å². The van der Waals surface area contributed by atoms with Crippen LogP contribution in [0.1, 0.15) is 11.1 Å². The van der Waals surface area contributed by atoms with Crippen molar-refractivity contribution in [1.82, 2.24) is 9.66 Å². The van der Waals surface area contributed by atoms with Crippen molar-refractivity contribution in [3.63, 3.8) is 0 Å². The van der Waals surface area contributed by atoms with E-state index in [2.05, 4.69) is 27.7 Å². The molecule has 0 radical (unpaired) electrons. The predicted octanol–water partition coefficient (Wildman–Crippen LogP) is 4.88. The van der Waals surface area contributed by atoms with Crippen LogP contribution in [-0.4, -0.2) is 30.1 Å². The minimum absolute atomic E-state index is 0.239. The fourth-order valence-corrected chi connectivity index (χ4v) is 3.69. The number of halogens is 1. The highest BCUT2D eigenvalue weighted by atomic mass is 127. The summed E-state index contributed by atoms with van der Waals surface area (Å²) in [6.45, 7) is 2.02. The number of ether oxygens (including phenoxy) is 2. The van der Waals surface area contributed by atoms with E-state index >= 15 is 0 Å². The Morgan fingerprint density at radius 3 is 2.42 bits per heavy atom.